The van der Waals surface area contributed by atoms with Crippen LogP contribution in [0.15, 0.2) is 97.1 Å². The summed E-state index contributed by atoms with van der Waals surface area (Å²) in [5.41, 5.74) is 6.22. The van der Waals surface area contributed by atoms with Gasteiger partial charge in [-0.15, -0.1) is 0 Å². The van der Waals surface area contributed by atoms with Crippen LogP contribution in [0.1, 0.15) is 5.56 Å². The lowest BCUT2D eigenvalue weighted by Gasteiger charge is -2.26. The zero-order valence-corrected chi connectivity index (χ0v) is 16.8. The fourth-order valence-electron chi connectivity index (χ4n) is 3.84. The Morgan fingerprint density at radius 1 is 0.519 bits per heavy atom. The Hall–Kier alpha value is -2.47. The van der Waals surface area contributed by atoms with E-state index in [1.807, 2.05) is 0 Å². The van der Waals surface area contributed by atoms with Gasteiger partial charge < -0.3 is 0 Å². The Morgan fingerprint density at radius 2 is 0.963 bits per heavy atom. The van der Waals surface area contributed by atoms with Gasteiger partial charge in [-0.05, 0) is 63.3 Å². The molecule has 0 fully saturated rings. The summed E-state index contributed by atoms with van der Waals surface area (Å²) >= 11 is 6.52. The van der Waals surface area contributed by atoms with Crippen molar-refractivity contribution >= 4 is 33.8 Å². The van der Waals surface area contributed by atoms with E-state index in [1.165, 1.54) is 43.7 Å². The van der Waals surface area contributed by atoms with Crippen LogP contribution < -0.4 is 15.9 Å². The maximum absolute atomic E-state index is 6.52. The van der Waals surface area contributed by atoms with Crippen LogP contribution >= 0.6 is 6.04 Å². The van der Waals surface area contributed by atoms with Crippen LogP contribution in [0.25, 0.3) is 22.3 Å². The minimum Gasteiger partial charge on any atom is -0.0826 e. The summed E-state index contributed by atoms with van der Waals surface area (Å²) in [6, 6.07) is 33.2. The highest BCUT2D eigenvalue weighted by Gasteiger charge is 2.26. The number of fused-ring (bicyclic) bond motifs is 8. The van der Waals surface area contributed by atoms with Gasteiger partial charge >= 0.3 is 0 Å². The maximum Gasteiger partial charge on any atom is 0.0379 e. The number of benzene rings is 4. The predicted octanol–water partition coefficient (Wildman–Crippen LogP) is 5.40. The molecule has 0 N–H and O–H groups in total. The smallest absolute Gasteiger partial charge is 0.0379 e. The molecule has 0 radical (unpaired) electrons. The zero-order chi connectivity index (χ0) is 18.4. The topological polar surface area (TPSA) is 0 Å². The number of hydrogen-bond acceptors (Lipinski definition) is 1. The summed E-state index contributed by atoms with van der Waals surface area (Å²) in [5, 5.41) is 3.76. The Morgan fingerprint density at radius 3 is 1.48 bits per heavy atom. The Kier molecular flexibility index (Phi) is 3.90. The first kappa shape index (κ1) is 16.7. The van der Waals surface area contributed by atoms with Gasteiger partial charge in [0.05, 0.1) is 0 Å². The molecular weight excluding hydrogens is 363 g/mol. The van der Waals surface area contributed by atoms with Crippen molar-refractivity contribution in [1.29, 1.82) is 0 Å². The van der Waals surface area contributed by atoms with Gasteiger partial charge in [-0.25, -0.2) is 0 Å². The standard InChI is InChI=1S/C25H19PS/c1-18-11-13-23(14-12-18)26(27)24-9-3-7-21(16-24)19-5-2-6-20(15-19)22-8-4-10-25(26)17-22/h2-17H,1H3. The molecule has 0 saturated heterocycles. The van der Waals surface area contributed by atoms with Crippen LogP contribution in [0.4, 0.5) is 0 Å². The van der Waals surface area contributed by atoms with Crippen LogP contribution in [0.2, 0.25) is 0 Å². The highest BCUT2D eigenvalue weighted by Crippen LogP contribution is 2.45. The van der Waals surface area contributed by atoms with Gasteiger partial charge in [-0.3, -0.25) is 0 Å². The van der Waals surface area contributed by atoms with Crippen molar-refractivity contribution in [2.24, 2.45) is 0 Å². The Balaban J connectivity index is 1.90. The normalized spacial score (nSPS) is 13.8. The molecule has 130 valence electrons. The quantitative estimate of drug-likeness (QED) is 0.350. The fourth-order valence-corrected chi connectivity index (χ4v) is 7.59. The van der Waals surface area contributed by atoms with E-state index < -0.39 is 6.04 Å². The van der Waals surface area contributed by atoms with E-state index in [1.54, 1.807) is 0 Å². The van der Waals surface area contributed by atoms with Crippen LogP contribution in [-0.4, -0.2) is 0 Å². The van der Waals surface area contributed by atoms with E-state index in [0.717, 1.165) is 0 Å². The van der Waals surface area contributed by atoms with Crippen LogP contribution in [0, 0.1) is 6.92 Å². The lowest BCUT2D eigenvalue weighted by atomic mass is 9.99. The molecule has 4 aromatic carbocycles. The van der Waals surface area contributed by atoms with E-state index in [4.69, 9.17) is 11.8 Å². The summed E-state index contributed by atoms with van der Waals surface area (Å²) < 4.78 is 0. The molecule has 1 aliphatic heterocycles. The van der Waals surface area contributed by atoms with Gasteiger partial charge in [-0.1, -0.05) is 96.2 Å². The van der Waals surface area contributed by atoms with Crippen molar-refractivity contribution in [2.75, 3.05) is 0 Å². The number of hydrogen-bond donors (Lipinski definition) is 0. The first-order valence-corrected chi connectivity index (χ1v) is 11.9. The van der Waals surface area contributed by atoms with Crippen molar-refractivity contribution in [3.05, 3.63) is 103 Å². The summed E-state index contributed by atoms with van der Waals surface area (Å²) in [6.45, 7) is 2.12. The third-order valence-corrected chi connectivity index (χ3v) is 10.3. The van der Waals surface area contributed by atoms with E-state index in [-0.39, 0.29) is 0 Å². The molecular formula is C25H19PS. The SMILES string of the molecule is Cc1ccc(P2(=S)c3cccc(c3)-c3cccc(c3)-c3cccc2c3)cc1. The largest absolute Gasteiger partial charge is 0.0826 e. The second-order valence-corrected chi connectivity index (χ2v) is 11.5. The van der Waals surface area contributed by atoms with Gasteiger partial charge in [0.25, 0.3) is 0 Å². The monoisotopic (exact) mass is 382 g/mol. The fraction of sp³-hybridized carbons (Fsp3) is 0.0400. The number of rotatable bonds is 1. The molecule has 0 aromatic heterocycles. The average Bonchev–Trinajstić information content (AvgIpc) is 2.73. The molecule has 1 aliphatic rings. The molecule has 0 spiro atoms. The predicted molar refractivity (Wildman–Crippen MR) is 122 cm³/mol. The molecule has 0 nitrogen and oxygen atoms in total. The van der Waals surface area contributed by atoms with Crippen molar-refractivity contribution < 1.29 is 0 Å². The Labute approximate surface area is 165 Å². The molecule has 0 atom stereocenters. The van der Waals surface area contributed by atoms with Gasteiger partial charge in [0.15, 0.2) is 0 Å². The van der Waals surface area contributed by atoms with Crippen molar-refractivity contribution in [1.82, 2.24) is 0 Å². The van der Waals surface area contributed by atoms with Crippen LogP contribution in [0.5, 0.6) is 0 Å². The first-order chi connectivity index (χ1) is 13.1. The van der Waals surface area contributed by atoms with Crippen molar-refractivity contribution in [3.63, 3.8) is 0 Å². The second kappa shape index (κ2) is 6.30. The minimum absolute atomic E-state index is 1.24. The van der Waals surface area contributed by atoms with Crippen LogP contribution in [-0.2, 0) is 11.8 Å². The zero-order valence-electron chi connectivity index (χ0n) is 15.1. The highest BCUT2D eigenvalue weighted by atomic mass is 32.4. The van der Waals surface area contributed by atoms with E-state index in [0.29, 0.717) is 0 Å². The minimum atomic E-state index is -2.11. The lowest BCUT2D eigenvalue weighted by Crippen LogP contribution is -2.25. The second-order valence-electron chi connectivity index (χ2n) is 7.13. The molecule has 0 unspecified atom stereocenters. The molecule has 5 rings (SSSR count). The molecule has 6 bridgehead atoms. The highest BCUT2D eigenvalue weighted by molar-refractivity contribution is 8.25. The summed E-state index contributed by atoms with van der Waals surface area (Å²) in [6.07, 6.45) is 0. The molecule has 0 saturated carbocycles. The third kappa shape index (κ3) is 2.70. The van der Waals surface area contributed by atoms with E-state index in [9.17, 15) is 0 Å². The van der Waals surface area contributed by atoms with Crippen molar-refractivity contribution in [2.45, 2.75) is 6.92 Å². The Bertz CT molecular complexity index is 1140. The van der Waals surface area contributed by atoms with Gasteiger partial charge in [0.1, 0.15) is 0 Å². The van der Waals surface area contributed by atoms with Crippen LogP contribution in [0.3, 0.4) is 0 Å². The molecule has 0 aliphatic carbocycles. The average molecular weight is 382 g/mol. The lowest BCUT2D eigenvalue weighted by molar-refractivity contribution is 1.49. The van der Waals surface area contributed by atoms with E-state index in [2.05, 4.69) is 104 Å². The molecule has 0 amide bonds. The first-order valence-electron chi connectivity index (χ1n) is 9.14. The van der Waals surface area contributed by atoms with E-state index >= 15 is 0 Å². The van der Waals surface area contributed by atoms with Gasteiger partial charge in [-0.2, -0.15) is 0 Å². The molecule has 1 heterocycles. The maximum atomic E-state index is 6.52. The van der Waals surface area contributed by atoms with Crippen molar-refractivity contribution in [3.8, 4) is 22.3 Å². The third-order valence-electron chi connectivity index (χ3n) is 5.35. The number of aryl methyl sites for hydroxylation is 1. The summed E-state index contributed by atoms with van der Waals surface area (Å²) in [5.74, 6) is 0. The van der Waals surface area contributed by atoms with Gasteiger partial charge in [0.2, 0.25) is 0 Å². The molecule has 4 aromatic rings. The summed E-state index contributed by atoms with van der Waals surface area (Å²) in [4.78, 5) is 0. The molecule has 2 heteroatoms. The molecule has 27 heavy (non-hydrogen) atoms. The van der Waals surface area contributed by atoms with Gasteiger partial charge in [0, 0.05) is 6.04 Å². The summed E-state index contributed by atoms with van der Waals surface area (Å²) in [7, 11) is 0.